The minimum absolute atomic E-state index is 0. The van der Waals surface area contributed by atoms with Gasteiger partial charge >= 0.3 is 0 Å². The van der Waals surface area contributed by atoms with Crippen molar-refractivity contribution < 1.29 is 0 Å². The van der Waals surface area contributed by atoms with Gasteiger partial charge in [-0.3, -0.25) is 4.99 Å². The lowest BCUT2D eigenvalue weighted by Crippen LogP contribution is -2.42. The zero-order valence-electron chi connectivity index (χ0n) is 14.1. The van der Waals surface area contributed by atoms with E-state index in [0.717, 1.165) is 31.9 Å². The summed E-state index contributed by atoms with van der Waals surface area (Å²) in [7, 11) is 1.82. The molecule has 0 spiro atoms. The van der Waals surface area contributed by atoms with Gasteiger partial charge in [0.2, 0.25) is 0 Å². The molecule has 0 radical (unpaired) electrons. The molecule has 1 unspecified atom stereocenters. The van der Waals surface area contributed by atoms with Crippen LogP contribution in [0.1, 0.15) is 52.4 Å². The maximum atomic E-state index is 4.27. The number of nitrogens with one attached hydrogen (secondary N) is 2. The van der Waals surface area contributed by atoms with E-state index in [-0.39, 0.29) is 24.0 Å². The van der Waals surface area contributed by atoms with E-state index in [1.54, 1.807) is 12.7 Å². The lowest BCUT2D eigenvalue weighted by molar-refractivity contribution is 0.543. The molecule has 0 bridgehead atoms. The normalized spacial score (nSPS) is 12.6. The largest absolute Gasteiger partial charge is 0.356 e. The number of guanidine groups is 1. The molecular formula is C15H31IN6. The van der Waals surface area contributed by atoms with E-state index in [0.29, 0.717) is 6.04 Å². The van der Waals surface area contributed by atoms with Crippen molar-refractivity contribution in [1.29, 1.82) is 0 Å². The Morgan fingerprint density at radius 3 is 2.55 bits per heavy atom. The van der Waals surface area contributed by atoms with E-state index >= 15 is 0 Å². The Balaban J connectivity index is 0.00000441. The standard InChI is InChI=1S/C15H30N6.HI/c1-4-5-6-9-14(2)20-15(16-3)17-10-7-8-11-21-12-18-19-13-21;/h12-14H,4-11H2,1-3H3,(H2,16,17,20);1H. The van der Waals surface area contributed by atoms with Gasteiger partial charge in [-0.2, -0.15) is 0 Å². The minimum Gasteiger partial charge on any atom is -0.356 e. The fourth-order valence-electron chi connectivity index (χ4n) is 2.16. The topological polar surface area (TPSA) is 67.1 Å². The van der Waals surface area contributed by atoms with Crippen LogP contribution in [-0.4, -0.2) is 40.4 Å². The third-order valence-corrected chi connectivity index (χ3v) is 3.45. The van der Waals surface area contributed by atoms with Gasteiger partial charge in [0.1, 0.15) is 12.7 Å². The second kappa shape index (κ2) is 13.8. The third kappa shape index (κ3) is 9.97. The Hall–Kier alpha value is -0.860. The molecule has 1 heterocycles. The van der Waals surface area contributed by atoms with Gasteiger partial charge in [0.15, 0.2) is 5.96 Å². The van der Waals surface area contributed by atoms with Crippen molar-refractivity contribution in [3.05, 3.63) is 12.7 Å². The SMILES string of the molecule is CCCCCC(C)NC(=NC)NCCCCn1cnnc1.I. The van der Waals surface area contributed by atoms with Crippen LogP contribution in [0.15, 0.2) is 17.6 Å². The smallest absolute Gasteiger partial charge is 0.191 e. The summed E-state index contributed by atoms with van der Waals surface area (Å²) in [5, 5.41) is 14.4. The first-order valence-electron chi connectivity index (χ1n) is 8.05. The number of aromatic nitrogens is 3. The van der Waals surface area contributed by atoms with Crippen LogP contribution in [0.5, 0.6) is 0 Å². The van der Waals surface area contributed by atoms with Gasteiger partial charge in [-0.25, -0.2) is 0 Å². The van der Waals surface area contributed by atoms with E-state index < -0.39 is 0 Å². The number of nitrogens with zero attached hydrogens (tertiary/aromatic N) is 4. The van der Waals surface area contributed by atoms with Gasteiger partial charge in [-0.15, -0.1) is 34.2 Å². The number of halogens is 1. The molecule has 0 saturated heterocycles. The molecule has 128 valence electrons. The summed E-state index contributed by atoms with van der Waals surface area (Å²) in [5.41, 5.74) is 0. The van der Waals surface area contributed by atoms with Crippen LogP contribution in [0.2, 0.25) is 0 Å². The van der Waals surface area contributed by atoms with E-state index in [1.165, 1.54) is 25.7 Å². The Kier molecular flexibility index (Phi) is 13.2. The predicted molar refractivity (Wildman–Crippen MR) is 103 cm³/mol. The van der Waals surface area contributed by atoms with Crippen LogP contribution in [0.3, 0.4) is 0 Å². The lowest BCUT2D eigenvalue weighted by atomic mass is 10.1. The third-order valence-electron chi connectivity index (χ3n) is 3.45. The maximum Gasteiger partial charge on any atom is 0.191 e. The molecule has 1 atom stereocenters. The maximum absolute atomic E-state index is 4.27. The van der Waals surface area contributed by atoms with Crippen LogP contribution in [0.4, 0.5) is 0 Å². The van der Waals surface area contributed by atoms with E-state index in [4.69, 9.17) is 0 Å². The summed E-state index contributed by atoms with van der Waals surface area (Å²) < 4.78 is 2.00. The zero-order chi connectivity index (χ0) is 15.3. The average Bonchev–Trinajstić information content (AvgIpc) is 2.99. The zero-order valence-corrected chi connectivity index (χ0v) is 16.4. The van der Waals surface area contributed by atoms with Crippen molar-refractivity contribution >= 4 is 29.9 Å². The summed E-state index contributed by atoms with van der Waals surface area (Å²) >= 11 is 0. The van der Waals surface area contributed by atoms with Gasteiger partial charge in [0.25, 0.3) is 0 Å². The van der Waals surface area contributed by atoms with Crippen molar-refractivity contribution in [1.82, 2.24) is 25.4 Å². The molecule has 0 aliphatic carbocycles. The highest BCUT2D eigenvalue weighted by Crippen LogP contribution is 2.02. The number of rotatable bonds is 10. The molecule has 0 aromatic carbocycles. The summed E-state index contributed by atoms with van der Waals surface area (Å²) in [6.45, 7) is 6.35. The molecule has 0 saturated carbocycles. The number of hydrogen-bond acceptors (Lipinski definition) is 3. The molecule has 0 aliphatic heterocycles. The Labute approximate surface area is 151 Å². The second-order valence-electron chi connectivity index (χ2n) is 5.45. The first-order valence-corrected chi connectivity index (χ1v) is 8.05. The summed E-state index contributed by atoms with van der Waals surface area (Å²) in [4.78, 5) is 4.27. The summed E-state index contributed by atoms with van der Waals surface area (Å²) in [6.07, 6.45) is 10.8. The highest BCUT2D eigenvalue weighted by atomic mass is 127. The lowest BCUT2D eigenvalue weighted by Gasteiger charge is -2.17. The molecule has 6 nitrogen and oxygen atoms in total. The Morgan fingerprint density at radius 2 is 1.91 bits per heavy atom. The molecule has 22 heavy (non-hydrogen) atoms. The number of unbranched alkanes of at least 4 members (excludes halogenated alkanes) is 3. The fourth-order valence-corrected chi connectivity index (χ4v) is 2.16. The van der Waals surface area contributed by atoms with Crippen molar-refractivity contribution in [3.8, 4) is 0 Å². The van der Waals surface area contributed by atoms with Gasteiger partial charge in [-0.1, -0.05) is 26.2 Å². The summed E-state index contributed by atoms with van der Waals surface area (Å²) in [5.74, 6) is 0.906. The summed E-state index contributed by atoms with van der Waals surface area (Å²) in [6, 6.07) is 0.472. The van der Waals surface area contributed by atoms with Gasteiger partial charge in [-0.05, 0) is 26.2 Å². The molecule has 1 rings (SSSR count). The molecule has 1 aromatic rings. The van der Waals surface area contributed by atoms with Crippen molar-refractivity contribution in [2.75, 3.05) is 13.6 Å². The number of hydrogen-bond donors (Lipinski definition) is 2. The molecule has 2 N–H and O–H groups in total. The Morgan fingerprint density at radius 1 is 1.18 bits per heavy atom. The number of aryl methyl sites for hydroxylation is 1. The van der Waals surface area contributed by atoms with E-state index in [9.17, 15) is 0 Å². The fraction of sp³-hybridized carbons (Fsp3) is 0.800. The first kappa shape index (κ1) is 21.1. The van der Waals surface area contributed by atoms with Crippen molar-refractivity contribution in [3.63, 3.8) is 0 Å². The highest BCUT2D eigenvalue weighted by molar-refractivity contribution is 14.0. The molecular weight excluding hydrogens is 391 g/mol. The molecule has 1 aromatic heterocycles. The van der Waals surface area contributed by atoms with Gasteiger partial charge < -0.3 is 15.2 Å². The van der Waals surface area contributed by atoms with Crippen molar-refractivity contribution in [2.24, 2.45) is 4.99 Å². The monoisotopic (exact) mass is 422 g/mol. The van der Waals surface area contributed by atoms with Crippen LogP contribution >= 0.6 is 24.0 Å². The highest BCUT2D eigenvalue weighted by Gasteiger charge is 2.04. The van der Waals surface area contributed by atoms with Crippen LogP contribution in [0, 0.1) is 0 Å². The number of aliphatic imine (C=N–C) groups is 1. The second-order valence-corrected chi connectivity index (χ2v) is 5.45. The van der Waals surface area contributed by atoms with E-state index in [2.05, 4.69) is 39.7 Å². The van der Waals surface area contributed by atoms with Gasteiger partial charge in [0.05, 0.1) is 0 Å². The Bertz CT molecular complexity index is 379. The van der Waals surface area contributed by atoms with Crippen LogP contribution < -0.4 is 10.6 Å². The molecule has 0 amide bonds. The van der Waals surface area contributed by atoms with Gasteiger partial charge in [0, 0.05) is 26.2 Å². The minimum atomic E-state index is 0. The van der Waals surface area contributed by atoms with E-state index in [1.807, 2.05) is 11.6 Å². The quantitative estimate of drug-likeness (QED) is 0.263. The predicted octanol–water partition coefficient (Wildman–Crippen LogP) is 2.81. The van der Waals surface area contributed by atoms with Crippen LogP contribution in [0.25, 0.3) is 0 Å². The molecule has 0 aliphatic rings. The average molecular weight is 422 g/mol. The van der Waals surface area contributed by atoms with Crippen LogP contribution in [-0.2, 0) is 6.54 Å². The van der Waals surface area contributed by atoms with Crippen molar-refractivity contribution in [2.45, 2.75) is 65.0 Å². The molecule has 7 heteroatoms. The molecule has 0 fully saturated rings. The first-order chi connectivity index (χ1) is 10.3.